The van der Waals surface area contributed by atoms with Crippen LogP contribution in [0.25, 0.3) is 0 Å². The highest BCUT2D eigenvalue weighted by Crippen LogP contribution is 2.20. The summed E-state index contributed by atoms with van der Waals surface area (Å²) >= 11 is 0. The SMILES string of the molecule is COc1ccc(N2CCN(C=CN=Nc3ccccc3)CC2)cc1. The number of rotatable bonds is 5. The molecule has 0 unspecified atom stereocenters. The predicted molar refractivity (Wildman–Crippen MR) is 96.9 cm³/mol. The van der Waals surface area contributed by atoms with Crippen LogP contribution in [-0.4, -0.2) is 38.2 Å². The maximum Gasteiger partial charge on any atom is 0.119 e. The lowest BCUT2D eigenvalue weighted by molar-refractivity contribution is 0.348. The van der Waals surface area contributed by atoms with E-state index in [2.05, 4.69) is 32.2 Å². The Morgan fingerprint density at radius 2 is 1.62 bits per heavy atom. The van der Waals surface area contributed by atoms with E-state index in [1.165, 1.54) is 5.69 Å². The van der Waals surface area contributed by atoms with E-state index in [0.29, 0.717) is 0 Å². The molecule has 2 aromatic rings. The van der Waals surface area contributed by atoms with E-state index in [1.54, 1.807) is 13.3 Å². The van der Waals surface area contributed by atoms with Gasteiger partial charge in [-0.25, -0.2) is 0 Å². The first-order chi connectivity index (χ1) is 11.8. The van der Waals surface area contributed by atoms with Crippen molar-refractivity contribution >= 4 is 11.4 Å². The minimum atomic E-state index is 0.867. The van der Waals surface area contributed by atoms with Gasteiger partial charge in [-0.1, -0.05) is 18.2 Å². The Hall–Kier alpha value is -2.82. The molecule has 0 atom stereocenters. The summed E-state index contributed by atoms with van der Waals surface area (Å²) in [5.74, 6) is 0.893. The molecule has 0 radical (unpaired) electrons. The van der Waals surface area contributed by atoms with E-state index in [0.717, 1.165) is 37.6 Å². The Balaban J connectivity index is 1.48. The largest absolute Gasteiger partial charge is 0.497 e. The summed E-state index contributed by atoms with van der Waals surface area (Å²) in [6.45, 7) is 3.94. The van der Waals surface area contributed by atoms with Crippen LogP contribution in [0, 0.1) is 0 Å². The van der Waals surface area contributed by atoms with Crippen molar-refractivity contribution in [3.63, 3.8) is 0 Å². The molecule has 1 saturated heterocycles. The Labute approximate surface area is 142 Å². The van der Waals surface area contributed by atoms with E-state index in [9.17, 15) is 0 Å². The summed E-state index contributed by atoms with van der Waals surface area (Å²) in [5, 5.41) is 8.27. The fraction of sp³-hybridized carbons (Fsp3) is 0.263. The second-order valence-corrected chi connectivity index (χ2v) is 5.57. The van der Waals surface area contributed by atoms with Gasteiger partial charge in [-0.15, -0.1) is 0 Å². The van der Waals surface area contributed by atoms with Crippen LogP contribution < -0.4 is 9.64 Å². The molecule has 0 amide bonds. The van der Waals surface area contributed by atoms with Gasteiger partial charge in [-0.2, -0.15) is 10.2 Å². The third-order valence-electron chi connectivity index (χ3n) is 4.03. The van der Waals surface area contributed by atoms with Crippen molar-refractivity contribution in [1.82, 2.24) is 4.90 Å². The fourth-order valence-electron chi connectivity index (χ4n) is 2.64. The van der Waals surface area contributed by atoms with E-state index < -0.39 is 0 Å². The molecule has 0 saturated carbocycles. The lowest BCUT2D eigenvalue weighted by atomic mass is 10.2. The standard InChI is InChI=1S/C19H22N4O/c1-24-19-9-7-18(8-10-19)23-15-13-22(14-16-23)12-11-20-21-17-5-3-2-4-6-17/h2-12H,13-16H2,1H3. The summed E-state index contributed by atoms with van der Waals surface area (Å²) in [6.07, 6.45) is 3.77. The Morgan fingerprint density at radius 1 is 0.917 bits per heavy atom. The average Bonchev–Trinajstić information content (AvgIpc) is 2.67. The van der Waals surface area contributed by atoms with Gasteiger partial charge in [0.1, 0.15) is 5.75 Å². The van der Waals surface area contributed by atoms with E-state index in [4.69, 9.17) is 4.74 Å². The number of ether oxygens (including phenoxy) is 1. The minimum absolute atomic E-state index is 0.867. The lowest BCUT2D eigenvalue weighted by Crippen LogP contribution is -2.44. The van der Waals surface area contributed by atoms with Crippen molar-refractivity contribution in [3.05, 3.63) is 67.0 Å². The van der Waals surface area contributed by atoms with Gasteiger partial charge in [0.15, 0.2) is 0 Å². The zero-order chi connectivity index (χ0) is 16.6. The highest BCUT2D eigenvalue weighted by Gasteiger charge is 2.14. The van der Waals surface area contributed by atoms with Crippen LogP contribution in [-0.2, 0) is 0 Å². The normalized spacial score (nSPS) is 15.4. The maximum atomic E-state index is 5.21. The summed E-state index contributed by atoms with van der Waals surface area (Å²) < 4.78 is 5.21. The molecule has 5 heteroatoms. The van der Waals surface area contributed by atoms with Crippen molar-refractivity contribution in [2.24, 2.45) is 10.2 Å². The molecule has 0 aromatic heterocycles. The number of hydrogen-bond donors (Lipinski definition) is 0. The van der Waals surface area contributed by atoms with Crippen molar-refractivity contribution in [2.75, 3.05) is 38.2 Å². The molecule has 24 heavy (non-hydrogen) atoms. The van der Waals surface area contributed by atoms with Gasteiger partial charge in [0, 0.05) is 38.1 Å². The summed E-state index contributed by atoms with van der Waals surface area (Å²) in [5.41, 5.74) is 2.11. The van der Waals surface area contributed by atoms with Crippen molar-refractivity contribution in [3.8, 4) is 5.75 Å². The van der Waals surface area contributed by atoms with Gasteiger partial charge < -0.3 is 14.5 Å². The molecule has 2 aromatic carbocycles. The zero-order valence-electron chi connectivity index (χ0n) is 13.9. The number of nitrogens with zero attached hydrogens (tertiary/aromatic N) is 4. The second-order valence-electron chi connectivity index (χ2n) is 5.57. The van der Waals surface area contributed by atoms with Crippen molar-refractivity contribution in [1.29, 1.82) is 0 Å². The predicted octanol–water partition coefficient (Wildman–Crippen LogP) is 4.07. The van der Waals surface area contributed by atoms with Crippen LogP contribution in [0.5, 0.6) is 5.75 Å². The molecule has 0 aliphatic carbocycles. The number of anilines is 1. The van der Waals surface area contributed by atoms with Crippen LogP contribution >= 0.6 is 0 Å². The molecular weight excluding hydrogens is 300 g/mol. The third-order valence-corrected chi connectivity index (χ3v) is 4.03. The smallest absolute Gasteiger partial charge is 0.119 e. The van der Waals surface area contributed by atoms with Crippen LogP contribution in [0.15, 0.2) is 77.2 Å². The molecular formula is C19H22N4O. The van der Waals surface area contributed by atoms with Crippen LogP contribution in [0.2, 0.25) is 0 Å². The first kappa shape index (κ1) is 16.1. The molecule has 1 aliphatic heterocycles. The Bertz CT molecular complexity index is 674. The van der Waals surface area contributed by atoms with Crippen molar-refractivity contribution in [2.45, 2.75) is 0 Å². The molecule has 0 spiro atoms. The van der Waals surface area contributed by atoms with Gasteiger partial charge in [0.25, 0.3) is 0 Å². The molecule has 1 aliphatic rings. The fourth-order valence-corrected chi connectivity index (χ4v) is 2.64. The van der Waals surface area contributed by atoms with Crippen LogP contribution in [0.1, 0.15) is 0 Å². The monoisotopic (exact) mass is 322 g/mol. The first-order valence-electron chi connectivity index (χ1n) is 8.11. The number of piperazine rings is 1. The van der Waals surface area contributed by atoms with Gasteiger partial charge in [-0.3, -0.25) is 0 Å². The number of methoxy groups -OCH3 is 1. The highest BCUT2D eigenvalue weighted by molar-refractivity contribution is 5.49. The lowest BCUT2D eigenvalue weighted by Gasteiger charge is -2.35. The average molecular weight is 322 g/mol. The highest BCUT2D eigenvalue weighted by atomic mass is 16.5. The molecule has 1 fully saturated rings. The van der Waals surface area contributed by atoms with Gasteiger partial charge in [0.05, 0.1) is 19.0 Å². The van der Waals surface area contributed by atoms with Gasteiger partial charge in [0.2, 0.25) is 0 Å². The molecule has 124 valence electrons. The van der Waals surface area contributed by atoms with Gasteiger partial charge in [-0.05, 0) is 36.4 Å². The minimum Gasteiger partial charge on any atom is -0.497 e. The van der Waals surface area contributed by atoms with E-state index in [-0.39, 0.29) is 0 Å². The molecule has 0 bridgehead atoms. The summed E-state index contributed by atoms with van der Waals surface area (Å²) in [4.78, 5) is 4.65. The van der Waals surface area contributed by atoms with Gasteiger partial charge >= 0.3 is 0 Å². The topological polar surface area (TPSA) is 40.4 Å². The zero-order valence-corrected chi connectivity index (χ0v) is 13.9. The summed E-state index contributed by atoms with van der Waals surface area (Å²) in [6, 6.07) is 18.0. The second kappa shape index (κ2) is 8.15. The first-order valence-corrected chi connectivity index (χ1v) is 8.11. The quantitative estimate of drug-likeness (QED) is 0.779. The molecule has 0 N–H and O–H groups in total. The van der Waals surface area contributed by atoms with Crippen LogP contribution in [0.4, 0.5) is 11.4 Å². The molecule has 1 heterocycles. The third kappa shape index (κ3) is 4.35. The number of benzene rings is 2. The maximum absolute atomic E-state index is 5.21. The summed E-state index contributed by atoms with van der Waals surface area (Å²) in [7, 11) is 1.69. The Morgan fingerprint density at radius 3 is 2.29 bits per heavy atom. The van der Waals surface area contributed by atoms with Crippen LogP contribution in [0.3, 0.4) is 0 Å². The Kier molecular flexibility index (Phi) is 5.45. The van der Waals surface area contributed by atoms with Crippen molar-refractivity contribution < 1.29 is 4.74 Å². The molecule has 3 rings (SSSR count). The molecule has 5 nitrogen and oxygen atoms in total. The van der Waals surface area contributed by atoms with E-state index >= 15 is 0 Å². The number of hydrogen-bond acceptors (Lipinski definition) is 5. The number of azo groups is 1. The van der Waals surface area contributed by atoms with E-state index in [1.807, 2.05) is 48.7 Å².